The Hall–Kier alpha value is -1.46. The van der Waals surface area contributed by atoms with E-state index in [1.807, 2.05) is 35.7 Å². The van der Waals surface area contributed by atoms with Crippen molar-refractivity contribution in [2.45, 2.75) is 0 Å². The predicted molar refractivity (Wildman–Crippen MR) is 60.4 cm³/mol. The largest absolute Gasteiger partial charge is 0.228 e. The molecule has 64 valence electrons. The molecule has 13 heavy (non-hydrogen) atoms. The van der Waals surface area contributed by atoms with Gasteiger partial charge in [0.2, 0.25) is 0 Å². The van der Waals surface area contributed by atoms with Gasteiger partial charge in [-0.15, -0.1) is 6.42 Å². The minimum Gasteiger partial charge on any atom is -0.228 e. The average molecular weight is 187 g/mol. The predicted octanol–water partition coefficient (Wildman–Crippen LogP) is 3.01. The molecule has 1 aromatic rings. The van der Waals surface area contributed by atoms with E-state index < -0.39 is 0 Å². The van der Waals surface area contributed by atoms with Crippen LogP contribution in [-0.4, -0.2) is 6.72 Å². The molecule has 0 aliphatic heterocycles. The van der Waals surface area contributed by atoms with Crippen LogP contribution in [0.3, 0.4) is 0 Å². The van der Waals surface area contributed by atoms with E-state index in [1.54, 1.807) is 0 Å². The lowest BCUT2D eigenvalue weighted by Gasteiger charge is -1.97. The van der Waals surface area contributed by atoms with E-state index in [0.717, 1.165) is 11.1 Å². The molecule has 1 aromatic carbocycles. The Bertz CT molecular complexity index is 346. The van der Waals surface area contributed by atoms with Gasteiger partial charge in [-0.1, -0.05) is 36.3 Å². The molecule has 0 heterocycles. The van der Waals surface area contributed by atoms with Crippen molar-refractivity contribution in [2.75, 3.05) is 0 Å². The highest BCUT2D eigenvalue weighted by atomic mass is 32.2. The van der Waals surface area contributed by atoms with Crippen molar-refractivity contribution in [3.05, 3.63) is 41.3 Å². The maximum Gasteiger partial charge on any atom is 0.0396 e. The summed E-state index contributed by atoms with van der Waals surface area (Å²) in [5.74, 6) is 2.61. The van der Waals surface area contributed by atoms with Gasteiger partial charge in [0, 0.05) is 22.9 Å². The molecule has 0 fully saturated rings. The van der Waals surface area contributed by atoms with Crippen LogP contribution in [0, 0.1) is 12.3 Å². The Labute approximate surface area is 82.7 Å². The highest BCUT2D eigenvalue weighted by Crippen LogP contribution is 2.17. The first-order valence-corrected chi connectivity index (χ1v) is 4.56. The van der Waals surface area contributed by atoms with Gasteiger partial charge in [-0.3, -0.25) is 0 Å². The van der Waals surface area contributed by atoms with Gasteiger partial charge in [-0.25, -0.2) is 4.40 Å². The third-order valence-electron chi connectivity index (χ3n) is 1.49. The molecule has 0 bridgehead atoms. The highest BCUT2D eigenvalue weighted by molar-refractivity contribution is 8.01. The zero-order valence-corrected chi connectivity index (χ0v) is 7.92. The van der Waals surface area contributed by atoms with Crippen molar-refractivity contribution in [2.24, 2.45) is 4.40 Å². The van der Waals surface area contributed by atoms with E-state index >= 15 is 0 Å². The van der Waals surface area contributed by atoms with Crippen molar-refractivity contribution in [1.82, 2.24) is 0 Å². The number of terminal acetylenes is 1. The number of benzene rings is 1. The molecular formula is C11H9NS. The molecule has 1 nitrogen and oxygen atoms in total. The molecule has 0 aliphatic carbocycles. The van der Waals surface area contributed by atoms with E-state index in [1.165, 1.54) is 11.9 Å². The van der Waals surface area contributed by atoms with Crippen LogP contribution < -0.4 is 0 Å². The third-order valence-corrected chi connectivity index (χ3v) is 1.98. The molecule has 0 saturated carbocycles. The Morgan fingerprint density at radius 3 is 2.69 bits per heavy atom. The van der Waals surface area contributed by atoms with Gasteiger partial charge >= 0.3 is 0 Å². The standard InChI is InChI=1S/C11H9NS/c1-3-10(9-13-12-2)11-7-5-4-6-8-11/h1,4-9H,2H2/b10-9+. The van der Waals surface area contributed by atoms with E-state index in [0.29, 0.717) is 0 Å². The summed E-state index contributed by atoms with van der Waals surface area (Å²) in [6, 6.07) is 9.79. The number of rotatable bonds is 3. The van der Waals surface area contributed by atoms with Crippen molar-refractivity contribution in [3.63, 3.8) is 0 Å². The van der Waals surface area contributed by atoms with Crippen LogP contribution in [0.1, 0.15) is 5.56 Å². The fourth-order valence-electron chi connectivity index (χ4n) is 0.893. The first-order valence-electron chi connectivity index (χ1n) is 3.72. The lowest BCUT2D eigenvalue weighted by atomic mass is 10.1. The second kappa shape index (κ2) is 5.23. The second-order valence-corrected chi connectivity index (χ2v) is 2.98. The van der Waals surface area contributed by atoms with E-state index in [-0.39, 0.29) is 0 Å². The van der Waals surface area contributed by atoms with Crippen LogP contribution in [0.2, 0.25) is 0 Å². The number of allylic oxidation sites excluding steroid dienone is 1. The molecule has 0 atom stereocenters. The zero-order valence-electron chi connectivity index (χ0n) is 7.10. The molecule has 0 amide bonds. The Morgan fingerprint density at radius 2 is 2.15 bits per heavy atom. The minimum atomic E-state index is 0.831. The van der Waals surface area contributed by atoms with E-state index in [4.69, 9.17) is 6.42 Å². The molecule has 0 unspecified atom stereocenters. The molecule has 0 spiro atoms. The maximum absolute atomic E-state index is 5.35. The van der Waals surface area contributed by atoms with Crippen LogP contribution in [0.5, 0.6) is 0 Å². The average Bonchev–Trinajstić information content (AvgIpc) is 2.21. The van der Waals surface area contributed by atoms with Crippen LogP contribution in [-0.2, 0) is 0 Å². The Balaban J connectivity index is 2.93. The second-order valence-electron chi connectivity index (χ2n) is 2.28. The zero-order chi connectivity index (χ0) is 9.52. The van der Waals surface area contributed by atoms with Gasteiger partial charge in [0.25, 0.3) is 0 Å². The normalized spacial score (nSPS) is 10.5. The van der Waals surface area contributed by atoms with Gasteiger partial charge in [0.15, 0.2) is 0 Å². The molecule has 0 aromatic heterocycles. The Morgan fingerprint density at radius 1 is 1.46 bits per heavy atom. The fourth-order valence-corrected chi connectivity index (χ4v) is 1.28. The summed E-state index contributed by atoms with van der Waals surface area (Å²) in [6.07, 6.45) is 5.35. The summed E-state index contributed by atoms with van der Waals surface area (Å²) < 4.78 is 3.64. The molecular weight excluding hydrogens is 178 g/mol. The van der Waals surface area contributed by atoms with Crippen molar-refractivity contribution in [1.29, 1.82) is 0 Å². The van der Waals surface area contributed by atoms with Gasteiger partial charge in [-0.2, -0.15) is 0 Å². The summed E-state index contributed by atoms with van der Waals surface area (Å²) in [5.41, 5.74) is 1.86. The number of nitrogens with zero attached hydrogens (tertiary/aromatic N) is 1. The molecule has 2 heteroatoms. The van der Waals surface area contributed by atoms with Crippen LogP contribution in [0.15, 0.2) is 40.1 Å². The molecule has 0 radical (unpaired) electrons. The number of hydrogen-bond donors (Lipinski definition) is 0. The van der Waals surface area contributed by atoms with E-state index in [9.17, 15) is 0 Å². The third kappa shape index (κ3) is 2.81. The SMILES string of the molecule is C#C/C(=C\SN=C)c1ccccc1. The Kier molecular flexibility index (Phi) is 3.87. The summed E-state index contributed by atoms with van der Waals surface area (Å²) in [4.78, 5) is 0. The molecule has 0 N–H and O–H groups in total. The summed E-state index contributed by atoms with van der Waals surface area (Å²) >= 11 is 1.24. The quantitative estimate of drug-likeness (QED) is 0.402. The monoisotopic (exact) mass is 187 g/mol. The lowest BCUT2D eigenvalue weighted by molar-refractivity contribution is 1.64. The van der Waals surface area contributed by atoms with Gasteiger partial charge in [0.1, 0.15) is 0 Å². The summed E-state index contributed by atoms with van der Waals surface area (Å²) in [7, 11) is 0. The topological polar surface area (TPSA) is 12.4 Å². The van der Waals surface area contributed by atoms with Crippen molar-refractivity contribution < 1.29 is 0 Å². The fraction of sp³-hybridized carbons (Fsp3) is 0. The summed E-state index contributed by atoms with van der Waals surface area (Å²) in [6.45, 7) is 3.36. The van der Waals surface area contributed by atoms with Crippen LogP contribution in [0.4, 0.5) is 0 Å². The van der Waals surface area contributed by atoms with Gasteiger partial charge in [0.05, 0.1) is 0 Å². The molecule has 0 saturated heterocycles. The summed E-state index contributed by atoms with van der Waals surface area (Å²) in [5, 5.41) is 1.81. The van der Waals surface area contributed by atoms with Crippen LogP contribution >= 0.6 is 11.9 Å². The highest BCUT2D eigenvalue weighted by Gasteiger charge is 1.95. The lowest BCUT2D eigenvalue weighted by Crippen LogP contribution is -1.77. The van der Waals surface area contributed by atoms with Gasteiger partial charge in [-0.05, 0) is 12.3 Å². The van der Waals surface area contributed by atoms with Crippen molar-refractivity contribution in [3.8, 4) is 12.3 Å². The maximum atomic E-state index is 5.35. The molecule has 0 aliphatic rings. The van der Waals surface area contributed by atoms with Gasteiger partial charge < -0.3 is 0 Å². The van der Waals surface area contributed by atoms with Crippen LogP contribution in [0.25, 0.3) is 5.57 Å². The van der Waals surface area contributed by atoms with Crippen molar-refractivity contribution >= 4 is 24.2 Å². The first-order chi connectivity index (χ1) is 6.38. The minimum absolute atomic E-state index is 0.831. The number of hydrogen-bond acceptors (Lipinski definition) is 2. The van der Waals surface area contributed by atoms with E-state index in [2.05, 4.69) is 17.0 Å². The molecule has 1 rings (SSSR count). The first kappa shape index (κ1) is 9.63. The smallest absolute Gasteiger partial charge is 0.0396 e.